The van der Waals surface area contributed by atoms with E-state index in [1.54, 1.807) is 50.4 Å². The fraction of sp³-hybridized carbons (Fsp3) is 0.200. The van der Waals surface area contributed by atoms with Gasteiger partial charge < -0.3 is 24.7 Å². The second kappa shape index (κ2) is 7.41. The standard InChI is InChI=1S/C20H19NO6/c1-11-14(26-10-17(21)22)8-7-13-18(23)16(27-19(11)13)9-12-5-4-6-15(24-2)20(12)25-3/h4-9H,10H2,1-3H3,(H2,21,22)/b16-9-. The predicted octanol–water partition coefficient (Wildman–Crippen LogP) is 2.49. The van der Waals surface area contributed by atoms with E-state index in [4.69, 9.17) is 24.7 Å². The molecule has 0 bridgehead atoms. The first-order chi connectivity index (χ1) is 13.0. The van der Waals surface area contributed by atoms with E-state index in [1.165, 1.54) is 7.11 Å². The molecule has 0 saturated carbocycles. The van der Waals surface area contributed by atoms with Crippen LogP contribution < -0.4 is 24.7 Å². The summed E-state index contributed by atoms with van der Waals surface area (Å²) >= 11 is 0. The zero-order valence-electron chi connectivity index (χ0n) is 15.2. The van der Waals surface area contributed by atoms with Crippen LogP contribution in [0.15, 0.2) is 36.1 Å². The first-order valence-corrected chi connectivity index (χ1v) is 8.16. The van der Waals surface area contributed by atoms with Crippen LogP contribution in [0, 0.1) is 6.92 Å². The quantitative estimate of drug-likeness (QED) is 0.786. The predicted molar refractivity (Wildman–Crippen MR) is 98.3 cm³/mol. The molecule has 1 heterocycles. The Kier molecular flexibility index (Phi) is 5.03. The van der Waals surface area contributed by atoms with E-state index in [2.05, 4.69) is 0 Å². The highest BCUT2D eigenvalue weighted by molar-refractivity contribution is 6.15. The van der Waals surface area contributed by atoms with Crippen LogP contribution in [0.1, 0.15) is 21.5 Å². The Morgan fingerprint density at radius 3 is 2.59 bits per heavy atom. The summed E-state index contributed by atoms with van der Waals surface area (Å²) in [5.74, 6) is 1.20. The molecule has 1 aliphatic rings. The van der Waals surface area contributed by atoms with Gasteiger partial charge in [0.15, 0.2) is 23.9 Å². The fourth-order valence-corrected chi connectivity index (χ4v) is 2.84. The first kappa shape index (κ1) is 18.3. The van der Waals surface area contributed by atoms with E-state index in [1.807, 2.05) is 0 Å². The van der Waals surface area contributed by atoms with Crippen LogP contribution in [0.3, 0.4) is 0 Å². The number of carbonyl (C=O) groups is 2. The molecule has 7 nitrogen and oxygen atoms in total. The summed E-state index contributed by atoms with van der Waals surface area (Å²) < 4.78 is 21.8. The molecule has 0 aromatic heterocycles. The minimum Gasteiger partial charge on any atom is -0.493 e. The number of ketones is 1. The molecule has 0 fully saturated rings. The van der Waals surface area contributed by atoms with Crippen molar-refractivity contribution in [2.24, 2.45) is 5.73 Å². The normalized spacial score (nSPS) is 13.9. The minimum absolute atomic E-state index is 0.159. The van der Waals surface area contributed by atoms with Crippen molar-refractivity contribution in [3.63, 3.8) is 0 Å². The van der Waals surface area contributed by atoms with Gasteiger partial charge in [0, 0.05) is 11.1 Å². The maximum atomic E-state index is 12.7. The Hall–Kier alpha value is -3.48. The molecular formula is C20H19NO6. The lowest BCUT2D eigenvalue weighted by Gasteiger charge is -2.11. The maximum absolute atomic E-state index is 12.7. The van der Waals surface area contributed by atoms with E-state index in [0.29, 0.717) is 39.7 Å². The third-order valence-corrected chi connectivity index (χ3v) is 4.13. The Labute approximate surface area is 156 Å². The van der Waals surface area contributed by atoms with Crippen LogP contribution in [0.25, 0.3) is 6.08 Å². The van der Waals surface area contributed by atoms with Gasteiger partial charge >= 0.3 is 0 Å². The summed E-state index contributed by atoms with van der Waals surface area (Å²) in [6.07, 6.45) is 1.60. The number of fused-ring (bicyclic) bond motifs is 1. The SMILES string of the molecule is COc1cccc(/C=C2\Oc3c(ccc(OCC(N)=O)c3C)C2=O)c1OC. The molecule has 1 aliphatic heterocycles. The fourth-order valence-electron chi connectivity index (χ4n) is 2.84. The second-order valence-electron chi connectivity index (χ2n) is 5.84. The van der Waals surface area contributed by atoms with Gasteiger partial charge in [-0.25, -0.2) is 0 Å². The van der Waals surface area contributed by atoms with Gasteiger partial charge in [0.05, 0.1) is 19.8 Å². The Morgan fingerprint density at radius 1 is 1.15 bits per heavy atom. The highest BCUT2D eigenvalue weighted by Gasteiger charge is 2.30. The van der Waals surface area contributed by atoms with Crippen LogP contribution in [-0.4, -0.2) is 32.5 Å². The molecule has 2 aromatic rings. The van der Waals surface area contributed by atoms with Gasteiger partial charge in [-0.15, -0.1) is 0 Å². The van der Waals surface area contributed by atoms with Gasteiger partial charge in [-0.2, -0.15) is 0 Å². The highest BCUT2D eigenvalue weighted by atomic mass is 16.5. The third-order valence-electron chi connectivity index (χ3n) is 4.13. The number of rotatable bonds is 6. The number of methoxy groups -OCH3 is 2. The molecule has 0 radical (unpaired) electrons. The van der Waals surface area contributed by atoms with Crippen molar-refractivity contribution in [3.8, 4) is 23.0 Å². The molecular weight excluding hydrogens is 350 g/mol. The monoisotopic (exact) mass is 369 g/mol. The first-order valence-electron chi connectivity index (χ1n) is 8.16. The van der Waals surface area contributed by atoms with Gasteiger partial charge in [-0.1, -0.05) is 12.1 Å². The maximum Gasteiger partial charge on any atom is 0.255 e. The van der Waals surface area contributed by atoms with E-state index in [9.17, 15) is 9.59 Å². The van der Waals surface area contributed by atoms with Gasteiger partial charge in [0.1, 0.15) is 11.5 Å². The molecule has 0 unspecified atom stereocenters. The molecule has 0 saturated heterocycles. The summed E-state index contributed by atoms with van der Waals surface area (Å²) in [6.45, 7) is 1.49. The number of carbonyl (C=O) groups excluding carboxylic acids is 2. The van der Waals surface area contributed by atoms with Crippen molar-refractivity contribution >= 4 is 17.8 Å². The average Bonchev–Trinajstić information content (AvgIpc) is 2.97. The van der Waals surface area contributed by atoms with E-state index < -0.39 is 5.91 Å². The van der Waals surface area contributed by atoms with Crippen LogP contribution in [-0.2, 0) is 4.79 Å². The number of nitrogens with two attached hydrogens (primary N) is 1. The largest absolute Gasteiger partial charge is 0.493 e. The number of hydrogen-bond donors (Lipinski definition) is 1. The third kappa shape index (κ3) is 3.44. The van der Waals surface area contributed by atoms with Crippen LogP contribution >= 0.6 is 0 Å². The molecule has 2 aromatic carbocycles. The number of allylic oxidation sites excluding steroid dienone is 1. The number of ether oxygens (including phenoxy) is 4. The van der Waals surface area contributed by atoms with Gasteiger partial charge in [-0.3, -0.25) is 9.59 Å². The number of Topliss-reactive ketones (excluding diaryl/α,β-unsaturated/α-hetero) is 1. The molecule has 140 valence electrons. The molecule has 0 aliphatic carbocycles. The van der Waals surface area contributed by atoms with Crippen LogP contribution in [0.4, 0.5) is 0 Å². The van der Waals surface area contributed by atoms with E-state index >= 15 is 0 Å². The Balaban J connectivity index is 1.97. The van der Waals surface area contributed by atoms with E-state index in [-0.39, 0.29) is 18.1 Å². The average molecular weight is 369 g/mol. The lowest BCUT2D eigenvalue weighted by atomic mass is 10.1. The van der Waals surface area contributed by atoms with Crippen LogP contribution in [0.5, 0.6) is 23.0 Å². The molecule has 7 heteroatoms. The van der Waals surface area contributed by atoms with Crippen molar-refractivity contribution in [1.29, 1.82) is 0 Å². The van der Waals surface area contributed by atoms with E-state index in [0.717, 1.165) is 0 Å². The number of amides is 1. The van der Waals surface area contributed by atoms with Crippen molar-refractivity contribution in [2.45, 2.75) is 6.92 Å². The summed E-state index contributed by atoms with van der Waals surface area (Å²) in [6, 6.07) is 8.57. The lowest BCUT2D eigenvalue weighted by molar-refractivity contribution is -0.119. The number of hydrogen-bond acceptors (Lipinski definition) is 6. The Bertz CT molecular complexity index is 948. The second-order valence-corrected chi connectivity index (χ2v) is 5.84. The molecule has 2 N–H and O–H groups in total. The van der Waals surface area contributed by atoms with Gasteiger partial charge in [0.25, 0.3) is 5.91 Å². The Morgan fingerprint density at radius 2 is 1.93 bits per heavy atom. The van der Waals surface area contributed by atoms with Crippen molar-refractivity contribution in [2.75, 3.05) is 20.8 Å². The topological polar surface area (TPSA) is 97.1 Å². The van der Waals surface area contributed by atoms with Gasteiger partial charge in [-0.05, 0) is 31.2 Å². The smallest absolute Gasteiger partial charge is 0.255 e. The zero-order valence-corrected chi connectivity index (χ0v) is 15.2. The summed E-state index contributed by atoms with van der Waals surface area (Å²) in [4.78, 5) is 23.6. The molecule has 27 heavy (non-hydrogen) atoms. The lowest BCUT2D eigenvalue weighted by Crippen LogP contribution is -2.20. The highest BCUT2D eigenvalue weighted by Crippen LogP contribution is 2.40. The number of benzene rings is 2. The van der Waals surface area contributed by atoms with Crippen molar-refractivity contribution in [3.05, 3.63) is 52.8 Å². The van der Waals surface area contributed by atoms with Crippen molar-refractivity contribution in [1.82, 2.24) is 0 Å². The summed E-state index contributed by atoms with van der Waals surface area (Å²) in [7, 11) is 3.07. The summed E-state index contributed by atoms with van der Waals surface area (Å²) in [5.41, 5.74) is 6.79. The molecule has 3 rings (SSSR count). The molecule has 1 amide bonds. The minimum atomic E-state index is -0.586. The zero-order chi connectivity index (χ0) is 19.6. The molecule has 0 spiro atoms. The van der Waals surface area contributed by atoms with Gasteiger partial charge in [0.2, 0.25) is 5.78 Å². The van der Waals surface area contributed by atoms with Crippen LogP contribution in [0.2, 0.25) is 0 Å². The number of primary amides is 1. The number of para-hydroxylation sites is 1. The molecule has 0 atom stereocenters. The summed E-state index contributed by atoms with van der Waals surface area (Å²) in [5, 5.41) is 0. The van der Waals surface area contributed by atoms with Crippen molar-refractivity contribution < 1.29 is 28.5 Å².